The van der Waals surface area contributed by atoms with Gasteiger partial charge in [-0.2, -0.15) is 11.3 Å². The number of benzene rings is 1. The Kier molecular flexibility index (Phi) is 5.79. The number of nitrogens with zero attached hydrogens (tertiary/aromatic N) is 1. The minimum absolute atomic E-state index is 0. The lowest BCUT2D eigenvalue weighted by molar-refractivity contribution is -0.122. The zero-order chi connectivity index (χ0) is 13.8. The van der Waals surface area contributed by atoms with Crippen molar-refractivity contribution < 1.29 is 4.79 Å². The third kappa shape index (κ3) is 3.84. The summed E-state index contributed by atoms with van der Waals surface area (Å²) in [7, 11) is 0. The Bertz CT molecular complexity index is 553. The number of hydrogen-bond acceptors (Lipinski definition) is 3. The lowest BCUT2D eigenvalue weighted by Crippen LogP contribution is -2.36. The Morgan fingerprint density at radius 3 is 2.71 bits per heavy atom. The van der Waals surface area contributed by atoms with Gasteiger partial charge in [0.15, 0.2) is 0 Å². The molecule has 1 aromatic heterocycles. The predicted octanol–water partition coefficient (Wildman–Crippen LogP) is 3.31. The maximum absolute atomic E-state index is 12.8. The Morgan fingerprint density at radius 1 is 1.29 bits per heavy atom. The number of carbonyl (C=O) groups is 1. The number of para-hydroxylation sites is 1. The summed E-state index contributed by atoms with van der Waals surface area (Å²) in [4.78, 5) is 14.7. The van der Waals surface area contributed by atoms with E-state index in [-0.39, 0.29) is 24.2 Å². The Labute approximate surface area is 135 Å². The summed E-state index contributed by atoms with van der Waals surface area (Å²) in [6.45, 7) is 2.39. The van der Waals surface area contributed by atoms with E-state index < -0.39 is 0 Å². The monoisotopic (exact) mass is 322 g/mol. The van der Waals surface area contributed by atoms with Crippen LogP contribution in [0.3, 0.4) is 0 Å². The molecular formula is C16H19ClN2OS. The van der Waals surface area contributed by atoms with Crippen molar-refractivity contribution in [2.45, 2.75) is 13.0 Å². The van der Waals surface area contributed by atoms with Crippen LogP contribution in [-0.2, 0) is 11.3 Å². The van der Waals surface area contributed by atoms with Crippen LogP contribution in [0.25, 0.3) is 0 Å². The smallest absolute Gasteiger partial charge is 0.231 e. The molecule has 0 radical (unpaired) electrons. The largest absolute Gasteiger partial charge is 0.316 e. The van der Waals surface area contributed by atoms with Gasteiger partial charge in [0.2, 0.25) is 5.91 Å². The molecule has 3 nitrogen and oxygen atoms in total. The van der Waals surface area contributed by atoms with Crippen molar-refractivity contribution in [2.24, 2.45) is 5.92 Å². The predicted molar refractivity (Wildman–Crippen MR) is 90.2 cm³/mol. The van der Waals surface area contributed by atoms with Gasteiger partial charge < -0.3 is 10.2 Å². The molecule has 1 aromatic carbocycles. The number of rotatable bonds is 4. The molecule has 1 aliphatic heterocycles. The van der Waals surface area contributed by atoms with Gasteiger partial charge in [-0.05, 0) is 47.5 Å². The highest BCUT2D eigenvalue weighted by Crippen LogP contribution is 2.22. The molecule has 1 atom stereocenters. The first-order valence-electron chi connectivity index (χ1n) is 6.93. The first-order chi connectivity index (χ1) is 9.84. The summed E-state index contributed by atoms with van der Waals surface area (Å²) < 4.78 is 0. The van der Waals surface area contributed by atoms with Gasteiger partial charge in [-0.25, -0.2) is 0 Å². The average Bonchev–Trinajstić information content (AvgIpc) is 3.18. The Morgan fingerprint density at radius 2 is 2.10 bits per heavy atom. The highest BCUT2D eigenvalue weighted by molar-refractivity contribution is 7.07. The number of halogens is 1. The number of carbonyl (C=O) groups excluding carboxylic acids is 1. The molecule has 1 aliphatic rings. The number of nitrogens with one attached hydrogen (secondary N) is 1. The van der Waals surface area contributed by atoms with Crippen LogP contribution < -0.4 is 10.2 Å². The second kappa shape index (κ2) is 7.59. The lowest BCUT2D eigenvalue weighted by atomic mass is 10.1. The van der Waals surface area contributed by atoms with E-state index in [9.17, 15) is 4.79 Å². The molecule has 3 rings (SSSR count). The maximum atomic E-state index is 12.8. The fourth-order valence-electron chi connectivity index (χ4n) is 2.56. The van der Waals surface area contributed by atoms with Crippen LogP contribution in [0.15, 0.2) is 47.2 Å². The zero-order valence-corrected chi connectivity index (χ0v) is 13.3. The molecule has 21 heavy (non-hydrogen) atoms. The van der Waals surface area contributed by atoms with Gasteiger partial charge in [0, 0.05) is 12.2 Å². The van der Waals surface area contributed by atoms with Gasteiger partial charge in [0.1, 0.15) is 0 Å². The van der Waals surface area contributed by atoms with Gasteiger partial charge in [-0.1, -0.05) is 18.2 Å². The van der Waals surface area contributed by atoms with Crippen molar-refractivity contribution >= 4 is 35.3 Å². The molecule has 5 heteroatoms. The molecule has 0 bridgehead atoms. The van der Waals surface area contributed by atoms with Crippen molar-refractivity contribution in [3.63, 3.8) is 0 Å². The van der Waals surface area contributed by atoms with E-state index in [0.717, 1.165) is 25.2 Å². The standard InChI is InChI=1S/C16H18N2OS.ClH/c19-16(14-6-8-17-10-14)18(11-13-7-9-20-12-13)15-4-2-1-3-5-15;/h1-5,7,9,12,14,17H,6,8,10-11H2;1H. The summed E-state index contributed by atoms with van der Waals surface area (Å²) in [5, 5.41) is 7.44. The van der Waals surface area contributed by atoms with E-state index in [4.69, 9.17) is 0 Å². The summed E-state index contributed by atoms with van der Waals surface area (Å²) in [5.41, 5.74) is 2.17. The molecule has 2 heterocycles. The lowest BCUT2D eigenvalue weighted by Gasteiger charge is -2.25. The molecule has 0 spiro atoms. The van der Waals surface area contributed by atoms with Crippen LogP contribution in [0.4, 0.5) is 5.69 Å². The van der Waals surface area contributed by atoms with E-state index in [2.05, 4.69) is 22.1 Å². The topological polar surface area (TPSA) is 32.3 Å². The van der Waals surface area contributed by atoms with Crippen molar-refractivity contribution in [3.05, 3.63) is 52.7 Å². The van der Waals surface area contributed by atoms with Crippen LogP contribution >= 0.6 is 23.7 Å². The average molecular weight is 323 g/mol. The third-order valence-corrected chi connectivity index (χ3v) is 4.40. The van der Waals surface area contributed by atoms with E-state index >= 15 is 0 Å². The molecule has 2 aromatic rings. The number of hydrogen-bond donors (Lipinski definition) is 1. The molecule has 112 valence electrons. The summed E-state index contributed by atoms with van der Waals surface area (Å²) in [5.74, 6) is 0.334. The second-order valence-corrected chi connectivity index (χ2v) is 5.86. The molecule has 1 amide bonds. The summed E-state index contributed by atoms with van der Waals surface area (Å²) >= 11 is 1.67. The Hall–Kier alpha value is -1.36. The van der Waals surface area contributed by atoms with Gasteiger partial charge in [0.05, 0.1) is 12.5 Å². The van der Waals surface area contributed by atoms with E-state index in [1.165, 1.54) is 5.56 Å². The zero-order valence-electron chi connectivity index (χ0n) is 11.7. The second-order valence-electron chi connectivity index (χ2n) is 5.08. The fraction of sp³-hybridized carbons (Fsp3) is 0.312. The van der Waals surface area contributed by atoms with Crippen LogP contribution in [0, 0.1) is 5.92 Å². The van der Waals surface area contributed by atoms with E-state index in [0.29, 0.717) is 6.54 Å². The first-order valence-corrected chi connectivity index (χ1v) is 7.87. The van der Waals surface area contributed by atoms with Crippen molar-refractivity contribution in [3.8, 4) is 0 Å². The van der Waals surface area contributed by atoms with Gasteiger partial charge in [-0.3, -0.25) is 4.79 Å². The fourth-order valence-corrected chi connectivity index (χ4v) is 3.22. The van der Waals surface area contributed by atoms with Crippen LogP contribution in [0.2, 0.25) is 0 Å². The highest BCUT2D eigenvalue weighted by atomic mass is 35.5. The normalized spacial score (nSPS) is 17.2. The molecule has 0 saturated carbocycles. The van der Waals surface area contributed by atoms with Crippen molar-refractivity contribution in [1.82, 2.24) is 5.32 Å². The maximum Gasteiger partial charge on any atom is 0.231 e. The van der Waals surface area contributed by atoms with Gasteiger partial charge in [0.25, 0.3) is 0 Å². The Balaban J connectivity index is 0.00000161. The number of thiophene rings is 1. The molecule has 1 N–H and O–H groups in total. The first kappa shape index (κ1) is 16.0. The van der Waals surface area contributed by atoms with Crippen LogP contribution in [0.5, 0.6) is 0 Å². The van der Waals surface area contributed by atoms with Crippen LogP contribution in [0.1, 0.15) is 12.0 Å². The summed E-state index contributed by atoms with van der Waals surface area (Å²) in [6, 6.07) is 12.0. The minimum Gasteiger partial charge on any atom is -0.316 e. The highest BCUT2D eigenvalue weighted by Gasteiger charge is 2.28. The van der Waals surface area contributed by atoms with Gasteiger partial charge in [-0.15, -0.1) is 12.4 Å². The van der Waals surface area contributed by atoms with Crippen molar-refractivity contribution in [1.29, 1.82) is 0 Å². The molecular weight excluding hydrogens is 304 g/mol. The number of amides is 1. The summed E-state index contributed by atoms with van der Waals surface area (Å²) in [6.07, 6.45) is 0.936. The molecule has 1 saturated heterocycles. The third-order valence-electron chi connectivity index (χ3n) is 3.66. The SMILES string of the molecule is Cl.O=C(C1CCNC1)N(Cc1ccsc1)c1ccccc1. The van der Waals surface area contributed by atoms with Crippen LogP contribution in [-0.4, -0.2) is 19.0 Å². The van der Waals surface area contributed by atoms with Crippen molar-refractivity contribution in [2.75, 3.05) is 18.0 Å². The molecule has 1 unspecified atom stereocenters. The minimum atomic E-state index is 0. The quantitative estimate of drug-likeness (QED) is 0.936. The molecule has 0 aliphatic carbocycles. The van der Waals surface area contributed by atoms with E-state index in [1.807, 2.05) is 35.2 Å². The molecule has 1 fully saturated rings. The number of anilines is 1. The van der Waals surface area contributed by atoms with E-state index in [1.54, 1.807) is 11.3 Å². The van der Waals surface area contributed by atoms with Gasteiger partial charge >= 0.3 is 0 Å².